The number of carbonyl (C=O) groups excluding carboxylic acids is 2. The van der Waals surface area contributed by atoms with Crippen LogP contribution in [0.1, 0.15) is 47.7 Å². The number of nitrogens with zero attached hydrogens (tertiary/aromatic N) is 2. The minimum atomic E-state index is -0.704. The summed E-state index contributed by atoms with van der Waals surface area (Å²) in [6, 6.07) is 14.2. The van der Waals surface area contributed by atoms with Crippen molar-refractivity contribution < 1.29 is 18.7 Å². The average molecular weight is 399 g/mol. The number of benzene rings is 2. The summed E-state index contributed by atoms with van der Waals surface area (Å²) in [6.07, 6.45) is -0.694. The first-order valence-corrected chi connectivity index (χ1v) is 9.19. The van der Waals surface area contributed by atoms with E-state index >= 15 is 0 Å². The first-order chi connectivity index (χ1) is 13.4. The summed E-state index contributed by atoms with van der Waals surface area (Å²) < 4.78 is 10.9. The number of hydrogen-bond donors (Lipinski definition) is 0. The van der Waals surface area contributed by atoms with Gasteiger partial charge in [0, 0.05) is 22.6 Å². The number of Topliss-reactive ketones (excluding diaryl/α,β-unsaturated/α-hetero) is 1. The number of carbonyl (C=O) groups is 2. The molecule has 28 heavy (non-hydrogen) atoms. The van der Waals surface area contributed by atoms with Gasteiger partial charge >= 0.3 is 5.97 Å². The van der Waals surface area contributed by atoms with Crippen molar-refractivity contribution in [1.82, 2.24) is 10.2 Å². The lowest BCUT2D eigenvalue weighted by molar-refractivity contribution is -0.149. The third-order valence-electron chi connectivity index (χ3n) is 4.08. The van der Waals surface area contributed by atoms with Crippen LogP contribution in [-0.4, -0.2) is 21.9 Å². The molecular weight excluding hydrogens is 380 g/mol. The van der Waals surface area contributed by atoms with E-state index in [-0.39, 0.29) is 24.5 Å². The zero-order valence-electron chi connectivity index (χ0n) is 15.5. The number of esters is 1. The zero-order valence-corrected chi connectivity index (χ0v) is 16.3. The Balaban J connectivity index is 1.54. The molecule has 0 spiro atoms. The largest absolute Gasteiger partial charge is 0.453 e. The molecule has 1 aromatic heterocycles. The highest BCUT2D eigenvalue weighted by atomic mass is 35.5. The van der Waals surface area contributed by atoms with Gasteiger partial charge in [-0.2, -0.15) is 0 Å². The molecule has 144 valence electrons. The highest BCUT2D eigenvalue weighted by Crippen LogP contribution is 2.23. The number of hydrogen-bond acceptors (Lipinski definition) is 6. The zero-order chi connectivity index (χ0) is 20.1. The Morgan fingerprint density at radius 1 is 1.11 bits per heavy atom. The molecule has 0 fully saturated rings. The molecule has 0 unspecified atom stereocenters. The molecule has 3 aromatic rings. The van der Waals surface area contributed by atoms with E-state index in [0.29, 0.717) is 16.5 Å². The van der Waals surface area contributed by atoms with Gasteiger partial charge in [0.2, 0.25) is 5.89 Å². The minimum Gasteiger partial charge on any atom is -0.453 e. The Hall–Kier alpha value is -2.99. The second-order valence-electron chi connectivity index (χ2n) is 6.38. The molecule has 0 N–H and O–H groups in total. The van der Waals surface area contributed by atoms with Crippen LogP contribution in [0.25, 0.3) is 11.5 Å². The molecule has 3 rings (SSSR count). The number of rotatable bonds is 7. The molecule has 0 saturated carbocycles. The summed E-state index contributed by atoms with van der Waals surface area (Å²) in [5, 5.41) is 8.51. The van der Waals surface area contributed by atoms with Crippen LogP contribution < -0.4 is 0 Å². The van der Waals surface area contributed by atoms with E-state index in [1.165, 1.54) is 0 Å². The van der Waals surface area contributed by atoms with E-state index in [4.69, 9.17) is 20.8 Å². The Kier molecular flexibility index (Phi) is 6.21. The third kappa shape index (κ3) is 5.04. The van der Waals surface area contributed by atoms with Gasteiger partial charge in [-0.3, -0.25) is 9.59 Å². The molecule has 0 aliphatic heterocycles. The fourth-order valence-corrected chi connectivity index (χ4v) is 2.72. The SMILES string of the molecule is Cc1cccc(-c2nnc([C@@H](C)OC(=O)CCC(=O)c3ccc(Cl)cc3)o2)c1. The molecule has 6 nitrogen and oxygen atoms in total. The van der Waals surface area contributed by atoms with E-state index in [0.717, 1.165) is 11.1 Å². The van der Waals surface area contributed by atoms with Crippen molar-refractivity contribution >= 4 is 23.4 Å². The lowest BCUT2D eigenvalue weighted by Crippen LogP contribution is -2.11. The smallest absolute Gasteiger partial charge is 0.307 e. The number of aryl methyl sites for hydroxylation is 1. The van der Waals surface area contributed by atoms with Crippen LogP contribution in [0.15, 0.2) is 52.9 Å². The molecule has 0 radical (unpaired) electrons. The van der Waals surface area contributed by atoms with Gasteiger partial charge in [-0.15, -0.1) is 10.2 Å². The highest BCUT2D eigenvalue weighted by Gasteiger charge is 2.20. The number of halogens is 1. The summed E-state index contributed by atoms with van der Waals surface area (Å²) in [5.74, 6) is -0.0979. The number of ketones is 1. The van der Waals surface area contributed by atoms with Gasteiger partial charge in [-0.25, -0.2) is 0 Å². The lowest BCUT2D eigenvalue weighted by atomic mass is 10.1. The average Bonchev–Trinajstić information content (AvgIpc) is 3.17. The molecular formula is C21H19ClN2O4. The molecule has 0 aliphatic rings. The van der Waals surface area contributed by atoms with Crippen molar-refractivity contribution in [3.63, 3.8) is 0 Å². The van der Waals surface area contributed by atoms with Crippen LogP contribution >= 0.6 is 11.6 Å². The van der Waals surface area contributed by atoms with E-state index in [1.54, 1.807) is 31.2 Å². The maximum Gasteiger partial charge on any atom is 0.307 e. The van der Waals surface area contributed by atoms with E-state index in [1.807, 2.05) is 31.2 Å². The molecule has 0 saturated heterocycles. The summed E-state index contributed by atoms with van der Waals surface area (Å²) >= 11 is 5.80. The topological polar surface area (TPSA) is 82.3 Å². The number of aromatic nitrogens is 2. The second-order valence-corrected chi connectivity index (χ2v) is 6.81. The van der Waals surface area contributed by atoms with Gasteiger partial charge in [0.1, 0.15) is 0 Å². The Morgan fingerprint density at radius 2 is 1.86 bits per heavy atom. The van der Waals surface area contributed by atoms with Gasteiger partial charge < -0.3 is 9.15 Å². The Morgan fingerprint density at radius 3 is 2.57 bits per heavy atom. The van der Waals surface area contributed by atoms with E-state index in [9.17, 15) is 9.59 Å². The predicted molar refractivity (Wildman–Crippen MR) is 104 cm³/mol. The Labute approximate surface area is 167 Å². The normalized spacial score (nSPS) is 11.8. The molecule has 2 aromatic carbocycles. The quantitative estimate of drug-likeness (QED) is 0.413. The van der Waals surface area contributed by atoms with Crippen molar-refractivity contribution in [2.24, 2.45) is 0 Å². The van der Waals surface area contributed by atoms with E-state index in [2.05, 4.69) is 10.2 Å². The van der Waals surface area contributed by atoms with Crippen molar-refractivity contribution in [1.29, 1.82) is 0 Å². The molecule has 0 amide bonds. The van der Waals surface area contributed by atoms with Crippen LogP contribution in [0.4, 0.5) is 0 Å². The second kappa shape index (κ2) is 8.80. The van der Waals surface area contributed by atoms with Gasteiger partial charge in [0.15, 0.2) is 11.9 Å². The summed E-state index contributed by atoms with van der Waals surface area (Å²) in [6.45, 7) is 3.61. The number of ether oxygens (including phenoxy) is 1. The summed E-state index contributed by atoms with van der Waals surface area (Å²) in [7, 11) is 0. The van der Waals surface area contributed by atoms with Crippen LogP contribution in [0, 0.1) is 6.92 Å². The fourth-order valence-electron chi connectivity index (χ4n) is 2.60. The van der Waals surface area contributed by atoms with Crippen LogP contribution in [0.3, 0.4) is 0 Å². The predicted octanol–water partition coefficient (Wildman–Crippen LogP) is 4.97. The summed E-state index contributed by atoms with van der Waals surface area (Å²) in [5.41, 5.74) is 2.37. The van der Waals surface area contributed by atoms with Gasteiger partial charge in [0.05, 0.1) is 6.42 Å². The molecule has 0 aliphatic carbocycles. The first-order valence-electron chi connectivity index (χ1n) is 8.81. The fraction of sp³-hybridized carbons (Fsp3) is 0.238. The maximum absolute atomic E-state index is 12.1. The van der Waals surface area contributed by atoms with Crippen molar-refractivity contribution in [2.75, 3.05) is 0 Å². The van der Waals surface area contributed by atoms with Gasteiger partial charge in [-0.05, 0) is 50.2 Å². The van der Waals surface area contributed by atoms with Crippen LogP contribution in [0.5, 0.6) is 0 Å². The van der Waals surface area contributed by atoms with Gasteiger partial charge in [-0.1, -0.05) is 29.3 Å². The molecule has 1 heterocycles. The van der Waals surface area contributed by atoms with Crippen molar-refractivity contribution in [3.05, 3.63) is 70.6 Å². The van der Waals surface area contributed by atoms with E-state index < -0.39 is 12.1 Å². The maximum atomic E-state index is 12.1. The monoisotopic (exact) mass is 398 g/mol. The molecule has 7 heteroatoms. The molecule has 0 bridgehead atoms. The van der Waals surface area contributed by atoms with Crippen molar-refractivity contribution in [3.8, 4) is 11.5 Å². The van der Waals surface area contributed by atoms with Crippen molar-refractivity contribution in [2.45, 2.75) is 32.8 Å². The van der Waals surface area contributed by atoms with Crippen LogP contribution in [0.2, 0.25) is 5.02 Å². The highest BCUT2D eigenvalue weighted by molar-refractivity contribution is 6.30. The third-order valence-corrected chi connectivity index (χ3v) is 4.34. The Bertz CT molecular complexity index is 982. The van der Waals surface area contributed by atoms with Gasteiger partial charge in [0.25, 0.3) is 5.89 Å². The first kappa shape index (κ1) is 19.8. The lowest BCUT2D eigenvalue weighted by Gasteiger charge is -2.09. The van der Waals surface area contributed by atoms with Crippen LogP contribution in [-0.2, 0) is 9.53 Å². The summed E-state index contributed by atoms with van der Waals surface area (Å²) in [4.78, 5) is 24.2. The molecule has 1 atom stereocenters. The minimum absolute atomic E-state index is 0.0370. The standard InChI is InChI=1S/C21H19ClN2O4/c1-13-4-3-5-16(12-13)21-24-23-20(28-21)14(2)27-19(26)11-10-18(25)15-6-8-17(22)9-7-15/h3-9,12,14H,10-11H2,1-2H3/t14-/m1/s1.